The largest absolute Gasteiger partial charge is 0.486 e. The van der Waals surface area contributed by atoms with E-state index in [9.17, 15) is 19.8 Å². The van der Waals surface area contributed by atoms with Gasteiger partial charge in [-0.3, -0.25) is 9.59 Å². The van der Waals surface area contributed by atoms with Crippen molar-refractivity contribution in [2.45, 2.75) is 96.5 Å². The fourth-order valence-corrected chi connectivity index (χ4v) is 9.23. The van der Waals surface area contributed by atoms with Gasteiger partial charge in [0.15, 0.2) is 5.78 Å². The minimum absolute atomic E-state index is 0.0148. The highest BCUT2D eigenvalue weighted by Crippen LogP contribution is 2.67. The van der Waals surface area contributed by atoms with Crippen LogP contribution in [0.2, 0.25) is 5.21 Å². The first-order valence-electron chi connectivity index (χ1n) is 16.1. The summed E-state index contributed by atoms with van der Waals surface area (Å²) in [5, 5.41) is 27.4. The zero-order valence-corrected chi connectivity index (χ0v) is 26.4. The molecule has 6 nitrogen and oxygen atoms in total. The first-order valence-corrected chi connectivity index (χ1v) is 16.1. The van der Waals surface area contributed by atoms with E-state index in [1.165, 1.54) is 19.3 Å². The molecule has 42 heavy (non-hydrogen) atoms. The quantitative estimate of drug-likeness (QED) is 0.354. The van der Waals surface area contributed by atoms with Crippen LogP contribution in [0.3, 0.4) is 0 Å². The molecule has 0 bridgehead atoms. The number of allylic oxidation sites excluding steroid dienone is 4. The molecule has 0 saturated heterocycles. The Balaban J connectivity index is 1.25. The number of unbranched alkanes of at least 4 members (excludes halogenated alkanes) is 1. The van der Waals surface area contributed by atoms with E-state index >= 15 is 0 Å². The van der Waals surface area contributed by atoms with Crippen LogP contribution in [0.1, 0.15) is 79.6 Å². The highest BCUT2D eigenvalue weighted by atomic mass is 16.5. The first kappa shape index (κ1) is 31.1. The highest BCUT2D eigenvalue weighted by Gasteiger charge is 2.68. The number of carbonyl (C=O) groups is 2. The summed E-state index contributed by atoms with van der Waals surface area (Å²) in [5.74, 6) is 0.728. The number of Topliss-reactive ketones (excluding diaryl/α,β-unsaturated/α-hetero) is 1. The Kier molecular flexibility index (Phi) is 8.39. The van der Waals surface area contributed by atoms with Crippen molar-refractivity contribution in [3.05, 3.63) is 48.1 Å². The molecule has 2 unspecified atom stereocenters. The van der Waals surface area contributed by atoms with Crippen LogP contribution in [-0.4, -0.2) is 55.4 Å². The molecule has 3 N–H and O–H groups in total. The van der Waals surface area contributed by atoms with Crippen LogP contribution >= 0.6 is 0 Å². The van der Waals surface area contributed by atoms with Crippen molar-refractivity contribution in [2.24, 2.45) is 34.5 Å². The Hall–Kier alpha value is -2.31. The highest BCUT2D eigenvalue weighted by molar-refractivity contribution is 6.56. The fraction of sp³-hybridized carbons (Fsp3) is 0.647. The molecule has 0 aromatic heterocycles. The molecule has 3 saturated carbocycles. The van der Waals surface area contributed by atoms with Crippen molar-refractivity contribution < 1.29 is 24.5 Å². The maximum Gasteiger partial charge on any atom is 0.230 e. The summed E-state index contributed by atoms with van der Waals surface area (Å²) in [6.45, 7) is 10.6. The van der Waals surface area contributed by atoms with Gasteiger partial charge in [-0.15, -0.1) is 0 Å². The number of ketones is 2. The number of hydrogen-bond donors (Lipinski definition) is 3. The summed E-state index contributed by atoms with van der Waals surface area (Å²) in [6, 6.07) is 7.67. The molecule has 4 aliphatic rings. The van der Waals surface area contributed by atoms with E-state index in [4.69, 9.17) is 4.74 Å². The van der Waals surface area contributed by atoms with Gasteiger partial charge >= 0.3 is 0 Å². The van der Waals surface area contributed by atoms with E-state index in [0.717, 1.165) is 31.5 Å². The number of ether oxygens (including phenoxy) is 1. The Bertz CT molecular complexity index is 1260. The second-order valence-electron chi connectivity index (χ2n) is 15.0. The minimum atomic E-state index is -1.55. The molecule has 4 aliphatic carbocycles. The van der Waals surface area contributed by atoms with E-state index in [2.05, 4.69) is 40.8 Å². The molecular formula is C34H49B2NO5. The van der Waals surface area contributed by atoms with Gasteiger partial charge in [0, 0.05) is 22.4 Å². The van der Waals surface area contributed by atoms with E-state index in [0.29, 0.717) is 18.6 Å². The predicted molar refractivity (Wildman–Crippen MR) is 172 cm³/mol. The molecule has 1 aromatic carbocycles. The molecule has 0 amide bonds. The summed E-state index contributed by atoms with van der Waals surface area (Å²) < 4.78 is 5.92. The van der Waals surface area contributed by atoms with Crippen molar-refractivity contribution in [1.82, 2.24) is 0 Å². The van der Waals surface area contributed by atoms with Gasteiger partial charge in [-0.05, 0) is 79.9 Å². The molecule has 9 atom stereocenters. The second kappa shape index (κ2) is 11.3. The van der Waals surface area contributed by atoms with Crippen molar-refractivity contribution in [2.75, 3.05) is 11.8 Å². The zero-order chi connectivity index (χ0) is 30.5. The summed E-state index contributed by atoms with van der Waals surface area (Å²) in [7, 11) is 3.16. The van der Waals surface area contributed by atoms with Crippen LogP contribution in [0.4, 0.5) is 5.69 Å². The van der Waals surface area contributed by atoms with Crippen LogP contribution in [-0.2, 0) is 9.59 Å². The van der Waals surface area contributed by atoms with Crippen molar-refractivity contribution in [3.63, 3.8) is 0 Å². The number of benzene rings is 1. The van der Waals surface area contributed by atoms with Gasteiger partial charge < -0.3 is 20.2 Å². The molecule has 1 aromatic rings. The zero-order valence-electron chi connectivity index (χ0n) is 26.4. The molecule has 8 heteroatoms. The van der Waals surface area contributed by atoms with E-state index < -0.39 is 22.5 Å². The van der Waals surface area contributed by atoms with Crippen LogP contribution < -0.4 is 9.96 Å². The number of rotatable bonds is 10. The van der Waals surface area contributed by atoms with Gasteiger partial charge in [-0.25, -0.2) is 0 Å². The molecule has 0 aliphatic heterocycles. The third kappa shape index (κ3) is 5.32. The molecule has 0 heterocycles. The van der Waals surface area contributed by atoms with Gasteiger partial charge in [0.2, 0.25) is 13.2 Å². The van der Waals surface area contributed by atoms with Crippen molar-refractivity contribution in [3.8, 4) is 5.75 Å². The predicted octanol–water partition coefficient (Wildman–Crippen LogP) is 4.61. The lowest BCUT2D eigenvalue weighted by molar-refractivity contribution is -0.179. The molecule has 5 rings (SSSR count). The van der Waals surface area contributed by atoms with Gasteiger partial charge in [-0.1, -0.05) is 70.7 Å². The van der Waals surface area contributed by atoms with Crippen LogP contribution in [0.15, 0.2) is 48.1 Å². The topological polar surface area (TPSA) is 95.9 Å². The Labute approximate surface area is 253 Å². The van der Waals surface area contributed by atoms with Gasteiger partial charge in [0.05, 0.1) is 6.10 Å². The summed E-state index contributed by atoms with van der Waals surface area (Å²) in [6.07, 6.45) is 10.6. The molecule has 226 valence electrons. The number of fused-ring (bicyclic) bond motifs is 5. The smallest absolute Gasteiger partial charge is 0.230 e. The lowest BCUT2D eigenvalue weighted by Gasteiger charge is -2.60. The van der Waals surface area contributed by atoms with Crippen LogP contribution in [0, 0.1) is 34.5 Å². The van der Waals surface area contributed by atoms with Crippen LogP contribution in [0.5, 0.6) is 5.75 Å². The number of anilines is 1. The number of aliphatic hydroxyl groups is 2. The third-order valence-corrected chi connectivity index (χ3v) is 11.6. The standard InChI is InChI=1S/C34H49B2NO5/c1-6-7-14-33(5,35)36-37-22-8-10-24(11-9-22)42-20-29(40)34(41)16-13-26-25-17-21(2)27-18-23(38)12-15-31(27,3)30(25)28(39)19-32(26,34)4/h8-12,15,18,21,25-26,28,30,36-37,39,41H,6-7,13-14,16-17,19-20,35H2,1-5H3/t21-,25-,26?,28-,30+,31-,32-,33?,34-/m0/s1. The SMILES string of the molecule is BC(C)(BNc1ccc(OCC(=O)[C@@]2(O)CCC3[C@@H]4C[C@H](C)C5=CC(=O)C=C[C@]5(C)[C@H]4[C@@H](O)C[C@@]32C)cc1)CCCC. The number of aliphatic hydroxyl groups excluding tert-OH is 1. The van der Waals surface area contributed by atoms with Crippen molar-refractivity contribution >= 4 is 32.5 Å². The van der Waals surface area contributed by atoms with Gasteiger partial charge in [-0.2, -0.15) is 0 Å². The Morgan fingerprint density at radius 2 is 1.98 bits per heavy atom. The molecule has 0 radical (unpaired) electrons. The number of hydrogen-bond acceptors (Lipinski definition) is 6. The van der Waals surface area contributed by atoms with Gasteiger partial charge in [0.1, 0.15) is 25.8 Å². The van der Waals surface area contributed by atoms with E-state index in [-0.39, 0.29) is 47.1 Å². The average Bonchev–Trinajstić information content (AvgIpc) is 3.21. The van der Waals surface area contributed by atoms with Crippen molar-refractivity contribution in [1.29, 1.82) is 0 Å². The summed E-state index contributed by atoms with van der Waals surface area (Å²) in [5.41, 5.74) is -0.555. The van der Waals surface area contributed by atoms with Gasteiger partial charge in [0.25, 0.3) is 0 Å². The number of carbonyl (C=O) groups excluding carboxylic acids is 2. The average molecular weight is 573 g/mol. The molecule has 0 spiro atoms. The lowest BCUT2D eigenvalue weighted by atomic mass is 9.45. The van der Waals surface area contributed by atoms with Crippen LogP contribution in [0.25, 0.3) is 0 Å². The molecular weight excluding hydrogens is 524 g/mol. The van der Waals surface area contributed by atoms with E-state index in [1.54, 1.807) is 12.2 Å². The third-order valence-electron chi connectivity index (χ3n) is 11.6. The summed E-state index contributed by atoms with van der Waals surface area (Å²) in [4.78, 5) is 25.9. The Morgan fingerprint density at radius 3 is 2.67 bits per heavy atom. The monoisotopic (exact) mass is 573 g/mol. The second-order valence-corrected chi connectivity index (χ2v) is 15.0. The number of nitrogens with one attached hydrogen (secondary N) is 1. The molecule has 3 fully saturated rings. The van der Waals surface area contributed by atoms with E-state index in [1.807, 2.05) is 37.3 Å². The normalized spacial score (nSPS) is 38.4. The maximum absolute atomic E-state index is 13.7. The maximum atomic E-state index is 13.7. The minimum Gasteiger partial charge on any atom is -0.486 e. The lowest BCUT2D eigenvalue weighted by Crippen LogP contribution is -2.62. The summed E-state index contributed by atoms with van der Waals surface area (Å²) >= 11 is 0. The first-order chi connectivity index (χ1) is 19.7. The Morgan fingerprint density at radius 1 is 1.26 bits per heavy atom. The fourth-order valence-electron chi connectivity index (χ4n) is 9.23.